The summed E-state index contributed by atoms with van der Waals surface area (Å²) < 4.78 is 11.3. The van der Waals surface area contributed by atoms with Crippen molar-refractivity contribution in [3.05, 3.63) is 65.7 Å². The number of benzene rings is 2. The molecule has 0 saturated carbocycles. The van der Waals surface area contributed by atoms with E-state index < -0.39 is 0 Å². The summed E-state index contributed by atoms with van der Waals surface area (Å²) >= 11 is 3.11. The van der Waals surface area contributed by atoms with E-state index in [1.807, 2.05) is 24.3 Å². The topological polar surface area (TPSA) is 73.3 Å². The van der Waals surface area contributed by atoms with Crippen LogP contribution in [-0.4, -0.2) is 35.6 Å². The maximum atomic E-state index is 11.5. The first-order valence-electron chi connectivity index (χ1n) is 8.30. The molecule has 0 spiro atoms. The van der Waals surface area contributed by atoms with Gasteiger partial charge < -0.3 is 14.8 Å². The minimum atomic E-state index is -0.376. The highest BCUT2D eigenvalue weighted by molar-refractivity contribution is 8.01. The zero-order chi connectivity index (χ0) is 18.9. The van der Waals surface area contributed by atoms with Crippen LogP contribution in [0.4, 0.5) is 5.13 Å². The molecule has 8 heteroatoms. The Balaban J connectivity index is 1.41. The number of nitrogens with one attached hydrogen (secondary N) is 1. The summed E-state index contributed by atoms with van der Waals surface area (Å²) in [4.78, 5) is 11.5. The maximum absolute atomic E-state index is 11.5. The lowest BCUT2D eigenvalue weighted by atomic mass is 10.2. The number of anilines is 1. The van der Waals surface area contributed by atoms with Crippen molar-refractivity contribution in [2.45, 2.75) is 10.9 Å². The van der Waals surface area contributed by atoms with Gasteiger partial charge in [0, 0.05) is 12.3 Å². The monoisotopic (exact) mass is 401 g/mol. The molecule has 0 aliphatic heterocycles. The predicted octanol–water partition coefficient (Wildman–Crippen LogP) is 4.11. The number of thioether (sulfide) groups is 1. The number of carbonyl (C=O) groups excluding carboxylic acids is 1. The third-order valence-corrected chi connectivity index (χ3v) is 5.50. The van der Waals surface area contributed by atoms with Crippen molar-refractivity contribution in [2.75, 3.05) is 24.8 Å². The van der Waals surface area contributed by atoms with Gasteiger partial charge in [0.25, 0.3) is 0 Å². The normalized spacial score (nSPS) is 10.4. The van der Waals surface area contributed by atoms with Gasteiger partial charge in [-0.1, -0.05) is 59.5 Å². The smallest absolute Gasteiger partial charge is 0.337 e. The summed E-state index contributed by atoms with van der Waals surface area (Å²) in [6, 6.07) is 17.1. The van der Waals surface area contributed by atoms with Gasteiger partial charge in [0.15, 0.2) is 4.34 Å². The van der Waals surface area contributed by atoms with Crippen molar-refractivity contribution in [1.29, 1.82) is 0 Å². The number of nitrogens with zero attached hydrogens (tertiary/aromatic N) is 2. The van der Waals surface area contributed by atoms with E-state index in [2.05, 4.69) is 27.6 Å². The van der Waals surface area contributed by atoms with Crippen molar-refractivity contribution in [3.63, 3.8) is 0 Å². The molecule has 6 nitrogen and oxygen atoms in total. The molecule has 0 amide bonds. The molecule has 0 aliphatic rings. The summed E-state index contributed by atoms with van der Waals surface area (Å²) in [5, 5.41) is 12.4. The minimum absolute atomic E-state index is 0.376. The van der Waals surface area contributed by atoms with Crippen LogP contribution in [0.2, 0.25) is 0 Å². The highest BCUT2D eigenvalue weighted by Gasteiger charge is 2.07. The molecule has 27 heavy (non-hydrogen) atoms. The number of hydrogen-bond donors (Lipinski definition) is 1. The van der Waals surface area contributed by atoms with Crippen molar-refractivity contribution >= 4 is 34.2 Å². The Kier molecular flexibility index (Phi) is 7.06. The number of rotatable bonds is 9. The first-order valence-corrected chi connectivity index (χ1v) is 10.1. The van der Waals surface area contributed by atoms with Crippen molar-refractivity contribution in [1.82, 2.24) is 10.2 Å². The number of aromatic nitrogens is 2. The highest BCUT2D eigenvalue weighted by atomic mass is 32.2. The van der Waals surface area contributed by atoms with Gasteiger partial charge in [-0.25, -0.2) is 4.79 Å². The quantitative estimate of drug-likeness (QED) is 0.329. The molecule has 0 aliphatic carbocycles. The van der Waals surface area contributed by atoms with Crippen LogP contribution in [-0.2, 0) is 11.3 Å². The number of esters is 1. The van der Waals surface area contributed by atoms with E-state index in [0.717, 1.165) is 21.8 Å². The summed E-state index contributed by atoms with van der Waals surface area (Å²) in [7, 11) is 1.36. The number of hydrogen-bond acceptors (Lipinski definition) is 8. The Labute approximate surface area is 165 Å². The van der Waals surface area contributed by atoms with Crippen LogP contribution in [0.25, 0.3) is 0 Å². The SMILES string of the molecule is COC(=O)c1cccc(OCCSc2nnc(NCc3ccccc3)s2)c1. The second-order valence-corrected chi connectivity index (χ2v) is 7.75. The van der Waals surface area contributed by atoms with Gasteiger partial charge in [-0.3, -0.25) is 0 Å². The third-order valence-electron chi connectivity index (χ3n) is 3.53. The van der Waals surface area contributed by atoms with Gasteiger partial charge in [-0.2, -0.15) is 0 Å². The van der Waals surface area contributed by atoms with Crippen LogP contribution in [0.3, 0.4) is 0 Å². The van der Waals surface area contributed by atoms with Crippen LogP contribution < -0.4 is 10.1 Å². The van der Waals surface area contributed by atoms with Crippen molar-refractivity contribution in [3.8, 4) is 5.75 Å². The lowest BCUT2D eigenvalue weighted by molar-refractivity contribution is 0.0600. The number of ether oxygens (including phenoxy) is 2. The summed E-state index contributed by atoms with van der Waals surface area (Å²) in [5.41, 5.74) is 1.67. The van der Waals surface area contributed by atoms with E-state index in [0.29, 0.717) is 17.9 Å². The van der Waals surface area contributed by atoms with Gasteiger partial charge >= 0.3 is 5.97 Å². The predicted molar refractivity (Wildman–Crippen MR) is 108 cm³/mol. The molecule has 0 radical (unpaired) electrons. The van der Waals surface area contributed by atoms with E-state index in [9.17, 15) is 4.79 Å². The summed E-state index contributed by atoms with van der Waals surface area (Å²) in [6.07, 6.45) is 0. The number of methoxy groups -OCH3 is 1. The molecule has 3 aromatic rings. The molecule has 1 N–H and O–H groups in total. The zero-order valence-electron chi connectivity index (χ0n) is 14.8. The molecule has 2 aromatic carbocycles. The first-order chi connectivity index (χ1) is 13.2. The molecule has 140 valence electrons. The second-order valence-electron chi connectivity index (χ2n) is 5.43. The Morgan fingerprint density at radius 2 is 2.00 bits per heavy atom. The summed E-state index contributed by atoms with van der Waals surface area (Å²) in [5.74, 6) is 0.996. The zero-order valence-corrected chi connectivity index (χ0v) is 16.4. The fraction of sp³-hybridized carbons (Fsp3) is 0.211. The van der Waals surface area contributed by atoms with Crippen LogP contribution in [0.15, 0.2) is 58.9 Å². The largest absolute Gasteiger partial charge is 0.493 e. The molecular formula is C19H19N3O3S2. The molecule has 0 atom stereocenters. The van der Waals surface area contributed by atoms with Gasteiger partial charge in [0.1, 0.15) is 5.75 Å². The average Bonchev–Trinajstić information content (AvgIpc) is 3.18. The molecule has 1 heterocycles. The van der Waals surface area contributed by atoms with Crippen LogP contribution in [0.1, 0.15) is 15.9 Å². The number of carbonyl (C=O) groups is 1. The van der Waals surface area contributed by atoms with Crippen molar-refractivity contribution < 1.29 is 14.3 Å². The molecule has 0 bridgehead atoms. The molecule has 1 aromatic heterocycles. The highest BCUT2D eigenvalue weighted by Crippen LogP contribution is 2.26. The van der Waals surface area contributed by atoms with Gasteiger partial charge in [-0.05, 0) is 23.8 Å². The Morgan fingerprint density at radius 1 is 1.15 bits per heavy atom. The Morgan fingerprint density at radius 3 is 2.81 bits per heavy atom. The fourth-order valence-corrected chi connectivity index (χ4v) is 3.87. The molecule has 0 saturated heterocycles. The van der Waals surface area contributed by atoms with Crippen LogP contribution in [0.5, 0.6) is 5.75 Å². The van der Waals surface area contributed by atoms with E-state index in [1.54, 1.807) is 30.0 Å². The standard InChI is InChI=1S/C19H19N3O3S2/c1-24-17(23)15-8-5-9-16(12-15)25-10-11-26-19-22-21-18(27-19)20-13-14-6-3-2-4-7-14/h2-9,12H,10-11,13H2,1H3,(H,20,21). The Hall–Kier alpha value is -2.58. The van der Waals surface area contributed by atoms with Gasteiger partial charge in [-0.15, -0.1) is 10.2 Å². The third kappa shape index (κ3) is 5.97. The molecular weight excluding hydrogens is 382 g/mol. The lowest BCUT2D eigenvalue weighted by Gasteiger charge is -2.06. The molecule has 3 rings (SSSR count). The fourth-order valence-electron chi connectivity index (χ4n) is 2.23. The van der Waals surface area contributed by atoms with E-state index in [1.165, 1.54) is 24.0 Å². The van der Waals surface area contributed by atoms with E-state index >= 15 is 0 Å². The Bertz CT molecular complexity index is 871. The lowest BCUT2D eigenvalue weighted by Crippen LogP contribution is -2.03. The summed E-state index contributed by atoms with van der Waals surface area (Å²) in [6.45, 7) is 1.22. The maximum Gasteiger partial charge on any atom is 0.337 e. The molecule has 0 fully saturated rings. The second kappa shape index (κ2) is 9.94. The first kappa shape index (κ1) is 19.2. The van der Waals surface area contributed by atoms with E-state index in [4.69, 9.17) is 9.47 Å². The van der Waals surface area contributed by atoms with Crippen molar-refractivity contribution in [2.24, 2.45) is 0 Å². The average molecular weight is 402 g/mol. The van der Waals surface area contributed by atoms with Gasteiger partial charge in [0.2, 0.25) is 5.13 Å². The minimum Gasteiger partial charge on any atom is -0.493 e. The van der Waals surface area contributed by atoms with Crippen LogP contribution >= 0.6 is 23.1 Å². The van der Waals surface area contributed by atoms with E-state index in [-0.39, 0.29) is 5.97 Å². The molecule has 0 unspecified atom stereocenters. The van der Waals surface area contributed by atoms with Gasteiger partial charge in [0.05, 0.1) is 19.3 Å². The van der Waals surface area contributed by atoms with Crippen LogP contribution in [0, 0.1) is 0 Å².